The van der Waals surface area contributed by atoms with E-state index in [-0.39, 0.29) is 0 Å². The molecule has 23 heavy (non-hydrogen) atoms. The molecule has 1 aromatic heterocycles. The first-order chi connectivity index (χ1) is 11.4. The molecule has 0 radical (unpaired) electrons. The molecule has 2 N–H and O–H groups in total. The van der Waals surface area contributed by atoms with Crippen LogP contribution in [0.15, 0.2) is 27.8 Å². The molecule has 0 aromatic carbocycles. The normalized spacial score (nSPS) is 14.9. The second kappa shape index (κ2) is 11.1. The number of guanidine groups is 1. The predicted molar refractivity (Wildman–Crippen MR) is 90.8 cm³/mol. The maximum absolute atomic E-state index is 5.63. The van der Waals surface area contributed by atoms with Crippen molar-refractivity contribution in [1.29, 1.82) is 0 Å². The van der Waals surface area contributed by atoms with Crippen molar-refractivity contribution in [2.24, 2.45) is 10.9 Å². The van der Waals surface area contributed by atoms with Gasteiger partial charge in [-0.3, -0.25) is 4.99 Å². The van der Waals surface area contributed by atoms with E-state index in [9.17, 15) is 0 Å². The Bertz CT molecular complexity index is 430. The number of nitrogens with zero attached hydrogens (tertiary/aromatic N) is 1. The summed E-state index contributed by atoms with van der Waals surface area (Å²) in [7, 11) is 1.69. The molecular weight excluding hydrogens is 294 g/mol. The Labute approximate surface area is 138 Å². The first kappa shape index (κ1) is 17.8. The second-order valence-electron chi connectivity index (χ2n) is 5.78. The quantitative estimate of drug-likeness (QED) is 0.349. The molecule has 1 heterocycles. The van der Waals surface area contributed by atoms with Gasteiger partial charge in [-0.05, 0) is 37.3 Å². The zero-order valence-electron chi connectivity index (χ0n) is 14.1. The Morgan fingerprint density at radius 1 is 1.30 bits per heavy atom. The molecule has 6 heteroatoms. The molecule has 0 saturated heterocycles. The Hall–Kier alpha value is -1.53. The average molecular weight is 323 g/mol. The van der Waals surface area contributed by atoms with Gasteiger partial charge in [-0.15, -0.1) is 0 Å². The third-order valence-corrected chi connectivity index (χ3v) is 3.61. The summed E-state index contributed by atoms with van der Waals surface area (Å²) in [6, 6.07) is 3.89. The minimum atomic E-state index is 0.656. The summed E-state index contributed by atoms with van der Waals surface area (Å²) >= 11 is 0. The van der Waals surface area contributed by atoms with Gasteiger partial charge in [0.05, 0.1) is 12.9 Å². The molecule has 2 rings (SSSR count). The van der Waals surface area contributed by atoms with Crippen molar-refractivity contribution in [3.63, 3.8) is 0 Å². The summed E-state index contributed by atoms with van der Waals surface area (Å²) in [4.78, 5) is 4.57. The van der Waals surface area contributed by atoms with Crippen molar-refractivity contribution in [3.8, 4) is 0 Å². The van der Waals surface area contributed by atoms with Crippen LogP contribution in [0.3, 0.4) is 0 Å². The van der Waals surface area contributed by atoms with Gasteiger partial charge in [-0.1, -0.05) is 0 Å². The van der Waals surface area contributed by atoms with Crippen LogP contribution in [-0.2, 0) is 15.9 Å². The van der Waals surface area contributed by atoms with E-state index < -0.39 is 0 Å². The molecule has 0 spiro atoms. The molecule has 130 valence electrons. The lowest BCUT2D eigenvalue weighted by Crippen LogP contribution is -2.40. The monoisotopic (exact) mass is 323 g/mol. The van der Waals surface area contributed by atoms with Gasteiger partial charge in [0.2, 0.25) is 0 Å². The summed E-state index contributed by atoms with van der Waals surface area (Å²) in [6.07, 6.45) is 6.16. The first-order valence-corrected chi connectivity index (χ1v) is 8.49. The molecular formula is C17H29N3O3. The largest absolute Gasteiger partial charge is 0.469 e. The highest BCUT2D eigenvalue weighted by Crippen LogP contribution is 2.28. The molecule has 1 aliphatic rings. The lowest BCUT2D eigenvalue weighted by molar-refractivity contribution is 0.123. The lowest BCUT2D eigenvalue weighted by Gasteiger charge is -2.12. The van der Waals surface area contributed by atoms with E-state index >= 15 is 0 Å². The average Bonchev–Trinajstić information content (AvgIpc) is 3.24. The SMILES string of the molecule is COCCNC(=NCCCOCC1CC1)NCCc1ccco1. The minimum absolute atomic E-state index is 0.656. The highest BCUT2D eigenvalue weighted by Gasteiger charge is 2.20. The molecule has 1 aliphatic carbocycles. The van der Waals surface area contributed by atoms with E-state index in [2.05, 4.69) is 15.6 Å². The fourth-order valence-electron chi connectivity index (χ4n) is 2.10. The highest BCUT2D eigenvalue weighted by molar-refractivity contribution is 5.79. The molecule has 1 saturated carbocycles. The number of hydrogen-bond donors (Lipinski definition) is 2. The zero-order chi connectivity index (χ0) is 16.2. The first-order valence-electron chi connectivity index (χ1n) is 8.49. The fourth-order valence-corrected chi connectivity index (χ4v) is 2.10. The standard InChI is InChI=1S/C17H29N3O3/c1-21-13-10-20-17(19-9-7-16-4-2-12-23-16)18-8-3-11-22-14-15-5-6-15/h2,4,12,15H,3,5-11,13-14H2,1H3,(H2,18,19,20). The number of ether oxygens (including phenoxy) is 2. The maximum Gasteiger partial charge on any atom is 0.191 e. The van der Waals surface area contributed by atoms with Crippen LogP contribution in [0.1, 0.15) is 25.0 Å². The molecule has 0 atom stereocenters. The Morgan fingerprint density at radius 2 is 2.17 bits per heavy atom. The van der Waals surface area contributed by atoms with Crippen LogP contribution >= 0.6 is 0 Å². The Kier molecular flexibility index (Phi) is 8.58. The molecule has 0 amide bonds. The Morgan fingerprint density at radius 3 is 2.91 bits per heavy atom. The third kappa shape index (κ3) is 8.62. The van der Waals surface area contributed by atoms with Gasteiger partial charge in [0.1, 0.15) is 5.76 Å². The third-order valence-electron chi connectivity index (χ3n) is 3.61. The van der Waals surface area contributed by atoms with E-state index in [0.29, 0.717) is 6.61 Å². The number of methoxy groups -OCH3 is 1. The maximum atomic E-state index is 5.63. The van der Waals surface area contributed by atoms with Crippen LogP contribution < -0.4 is 10.6 Å². The van der Waals surface area contributed by atoms with Crippen LogP contribution in [0, 0.1) is 5.92 Å². The summed E-state index contributed by atoms with van der Waals surface area (Å²) < 4.78 is 16.0. The van der Waals surface area contributed by atoms with Crippen LogP contribution in [0.4, 0.5) is 0 Å². The van der Waals surface area contributed by atoms with E-state index in [0.717, 1.165) is 63.3 Å². The van der Waals surface area contributed by atoms with Crippen molar-refractivity contribution < 1.29 is 13.9 Å². The number of rotatable bonds is 12. The number of furan rings is 1. The van der Waals surface area contributed by atoms with Crippen LogP contribution in [0.25, 0.3) is 0 Å². The van der Waals surface area contributed by atoms with Gasteiger partial charge in [-0.2, -0.15) is 0 Å². The highest BCUT2D eigenvalue weighted by atomic mass is 16.5. The summed E-state index contributed by atoms with van der Waals surface area (Å²) in [5.41, 5.74) is 0. The van der Waals surface area contributed by atoms with Gasteiger partial charge in [0.15, 0.2) is 5.96 Å². The van der Waals surface area contributed by atoms with E-state index in [4.69, 9.17) is 13.9 Å². The summed E-state index contributed by atoms with van der Waals surface area (Å²) in [5.74, 6) is 2.62. The lowest BCUT2D eigenvalue weighted by atomic mass is 10.3. The summed E-state index contributed by atoms with van der Waals surface area (Å²) in [5, 5.41) is 6.58. The summed E-state index contributed by atoms with van der Waals surface area (Å²) in [6.45, 7) is 4.64. The topological polar surface area (TPSA) is 68.0 Å². The number of hydrogen-bond acceptors (Lipinski definition) is 4. The fraction of sp³-hybridized carbons (Fsp3) is 0.706. The molecule has 1 fully saturated rings. The molecule has 0 unspecified atom stereocenters. The predicted octanol–water partition coefficient (Wildman–Crippen LogP) is 1.82. The zero-order valence-corrected chi connectivity index (χ0v) is 14.1. The number of nitrogens with one attached hydrogen (secondary N) is 2. The van der Waals surface area contributed by atoms with Crippen LogP contribution in [0.2, 0.25) is 0 Å². The van der Waals surface area contributed by atoms with E-state index in [1.807, 2.05) is 12.1 Å². The molecule has 6 nitrogen and oxygen atoms in total. The van der Waals surface area contributed by atoms with Crippen molar-refractivity contribution in [2.45, 2.75) is 25.7 Å². The van der Waals surface area contributed by atoms with E-state index in [1.165, 1.54) is 12.8 Å². The molecule has 0 bridgehead atoms. The minimum Gasteiger partial charge on any atom is -0.469 e. The van der Waals surface area contributed by atoms with Crippen molar-refractivity contribution >= 4 is 5.96 Å². The van der Waals surface area contributed by atoms with Crippen LogP contribution in [-0.4, -0.2) is 52.5 Å². The van der Waals surface area contributed by atoms with Gasteiger partial charge in [-0.25, -0.2) is 0 Å². The Balaban J connectivity index is 1.60. The molecule has 1 aromatic rings. The van der Waals surface area contributed by atoms with Crippen molar-refractivity contribution in [2.75, 3.05) is 46.6 Å². The second-order valence-corrected chi connectivity index (χ2v) is 5.78. The van der Waals surface area contributed by atoms with E-state index in [1.54, 1.807) is 13.4 Å². The van der Waals surface area contributed by atoms with Gasteiger partial charge < -0.3 is 24.5 Å². The van der Waals surface area contributed by atoms with Gasteiger partial charge in [0, 0.05) is 46.4 Å². The van der Waals surface area contributed by atoms with Gasteiger partial charge >= 0.3 is 0 Å². The molecule has 0 aliphatic heterocycles. The number of aliphatic imine (C=N–C) groups is 1. The smallest absolute Gasteiger partial charge is 0.191 e. The van der Waals surface area contributed by atoms with Gasteiger partial charge in [0.25, 0.3) is 0 Å². The van der Waals surface area contributed by atoms with Crippen LogP contribution in [0.5, 0.6) is 0 Å². The van der Waals surface area contributed by atoms with Crippen molar-refractivity contribution in [3.05, 3.63) is 24.2 Å². The van der Waals surface area contributed by atoms with Crippen molar-refractivity contribution in [1.82, 2.24) is 10.6 Å².